The highest BCUT2D eigenvalue weighted by Gasteiger charge is 2.18. The Morgan fingerprint density at radius 1 is 1.04 bits per heavy atom. The van der Waals surface area contributed by atoms with Crippen LogP contribution in [-0.2, 0) is 9.59 Å². The second-order valence-corrected chi connectivity index (χ2v) is 7.46. The summed E-state index contributed by atoms with van der Waals surface area (Å²) in [5.41, 5.74) is 6.14. The molecule has 0 saturated carbocycles. The standard InChI is InChI=1S/C23H30N2O2/c1-15(2)20-9-7-8-10-21(20)25(19(6)26)12-11-22(27)24-23-17(4)13-16(3)14-18(23)5/h7-10,13-15H,11-12H2,1-6H3,(H,24,27). The van der Waals surface area contributed by atoms with Gasteiger partial charge in [-0.05, 0) is 49.4 Å². The van der Waals surface area contributed by atoms with Gasteiger partial charge in [0.05, 0.1) is 0 Å². The first-order valence-electron chi connectivity index (χ1n) is 9.45. The minimum atomic E-state index is -0.0849. The van der Waals surface area contributed by atoms with Crippen LogP contribution in [0.2, 0.25) is 0 Å². The molecule has 0 spiro atoms. The summed E-state index contributed by atoms with van der Waals surface area (Å²) < 4.78 is 0. The van der Waals surface area contributed by atoms with Crippen LogP contribution in [0.4, 0.5) is 11.4 Å². The molecule has 0 aliphatic heterocycles. The van der Waals surface area contributed by atoms with Crippen LogP contribution in [0.3, 0.4) is 0 Å². The molecule has 0 radical (unpaired) electrons. The highest BCUT2D eigenvalue weighted by atomic mass is 16.2. The molecule has 2 aromatic carbocycles. The Balaban J connectivity index is 2.13. The van der Waals surface area contributed by atoms with Crippen molar-refractivity contribution >= 4 is 23.2 Å². The molecule has 1 N–H and O–H groups in total. The van der Waals surface area contributed by atoms with Crippen molar-refractivity contribution in [1.29, 1.82) is 0 Å². The van der Waals surface area contributed by atoms with E-state index < -0.39 is 0 Å². The molecular weight excluding hydrogens is 336 g/mol. The van der Waals surface area contributed by atoms with E-state index in [2.05, 4.69) is 31.3 Å². The maximum Gasteiger partial charge on any atom is 0.226 e. The lowest BCUT2D eigenvalue weighted by atomic mass is 10.00. The van der Waals surface area contributed by atoms with Crippen molar-refractivity contribution in [2.45, 2.75) is 53.9 Å². The fourth-order valence-corrected chi connectivity index (χ4v) is 3.46. The Kier molecular flexibility index (Phi) is 6.78. The molecule has 0 bridgehead atoms. The summed E-state index contributed by atoms with van der Waals surface area (Å²) in [7, 11) is 0. The van der Waals surface area contributed by atoms with Gasteiger partial charge in [-0.3, -0.25) is 9.59 Å². The summed E-state index contributed by atoms with van der Waals surface area (Å²) >= 11 is 0. The molecule has 144 valence electrons. The van der Waals surface area contributed by atoms with Gasteiger partial charge in [0, 0.05) is 31.3 Å². The lowest BCUT2D eigenvalue weighted by Gasteiger charge is -2.25. The molecule has 4 heteroatoms. The molecule has 0 aliphatic carbocycles. The third-order valence-corrected chi connectivity index (χ3v) is 4.73. The molecular formula is C23H30N2O2. The first kappa shape index (κ1) is 20.7. The van der Waals surface area contributed by atoms with Crippen molar-refractivity contribution in [3.8, 4) is 0 Å². The average molecular weight is 367 g/mol. The highest BCUT2D eigenvalue weighted by molar-refractivity contribution is 5.96. The van der Waals surface area contributed by atoms with Crippen LogP contribution in [0.25, 0.3) is 0 Å². The third kappa shape index (κ3) is 5.19. The van der Waals surface area contributed by atoms with Gasteiger partial charge >= 0.3 is 0 Å². The molecule has 2 rings (SSSR count). The summed E-state index contributed by atoms with van der Waals surface area (Å²) in [5.74, 6) is 0.159. The Labute approximate surface area is 162 Å². The number of para-hydroxylation sites is 1. The number of carbonyl (C=O) groups excluding carboxylic acids is 2. The predicted octanol–water partition coefficient (Wildman–Crippen LogP) is 5.12. The zero-order valence-electron chi connectivity index (χ0n) is 17.2. The van der Waals surface area contributed by atoms with E-state index in [1.165, 1.54) is 5.56 Å². The number of aryl methyl sites for hydroxylation is 3. The van der Waals surface area contributed by atoms with Gasteiger partial charge < -0.3 is 10.2 Å². The topological polar surface area (TPSA) is 49.4 Å². The first-order valence-corrected chi connectivity index (χ1v) is 9.45. The molecule has 4 nitrogen and oxygen atoms in total. The maximum absolute atomic E-state index is 12.5. The molecule has 0 fully saturated rings. The SMILES string of the molecule is CC(=O)N(CCC(=O)Nc1c(C)cc(C)cc1C)c1ccccc1C(C)C. The zero-order chi connectivity index (χ0) is 20.1. The van der Waals surface area contributed by atoms with E-state index in [9.17, 15) is 9.59 Å². The summed E-state index contributed by atoms with van der Waals surface area (Å²) in [6.45, 7) is 12.1. The molecule has 0 heterocycles. The van der Waals surface area contributed by atoms with Gasteiger partial charge in [0.1, 0.15) is 0 Å². The zero-order valence-corrected chi connectivity index (χ0v) is 17.2. The number of hydrogen-bond donors (Lipinski definition) is 1. The predicted molar refractivity (Wildman–Crippen MR) is 112 cm³/mol. The van der Waals surface area contributed by atoms with E-state index in [1.807, 2.05) is 45.0 Å². The van der Waals surface area contributed by atoms with E-state index in [0.29, 0.717) is 12.5 Å². The largest absolute Gasteiger partial charge is 0.326 e. The number of carbonyl (C=O) groups is 2. The minimum Gasteiger partial charge on any atom is -0.326 e. The second kappa shape index (κ2) is 8.85. The summed E-state index contributed by atoms with van der Waals surface area (Å²) in [4.78, 5) is 26.5. The average Bonchev–Trinajstić information content (AvgIpc) is 2.58. The van der Waals surface area contributed by atoms with Crippen molar-refractivity contribution in [1.82, 2.24) is 0 Å². The van der Waals surface area contributed by atoms with Crippen LogP contribution in [0.5, 0.6) is 0 Å². The van der Waals surface area contributed by atoms with Gasteiger partial charge in [-0.1, -0.05) is 49.7 Å². The first-order chi connectivity index (χ1) is 12.7. The van der Waals surface area contributed by atoms with Gasteiger partial charge in [0.15, 0.2) is 0 Å². The molecule has 0 aromatic heterocycles. The number of anilines is 2. The van der Waals surface area contributed by atoms with Crippen LogP contribution in [0.15, 0.2) is 36.4 Å². The van der Waals surface area contributed by atoms with E-state index in [-0.39, 0.29) is 18.2 Å². The van der Waals surface area contributed by atoms with E-state index in [4.69, 9.17) is 0 Å². The Morgan fingerprint density at radius 3 is 2.19 bits per heavy atom. The molecule has 2 amide bonds. The minimum absolute atomic E-state index is 0.0569. The van der Waals surface area contributed by atoms with Crippen molar-refractivity contribution < 1.29 is 9.59 Å². The third-order valence-electron chi connectivity index (χ3n) is 4.73. The van der Waals surface area contributed by atoms with Gasteiger partial charge in [-0.2, -0.15) is 0 Å². The number of hydrogen-bond acceptors (Lipinski definition) is 2. The quantitative estimate of drug-likeness (QED) is 0.771. The van der Waals surface area contributed by atoms with Crippen LogP contribution in [0.1, 0.15) is 55.4 Å². The van der Waals surface area contributed by atoms with Gasteiger partial charge in [-0.25, -0.2) is 0 Å². The second-order valence-electron chi connectivity index (χ2n) is 7.46. The fraction of sp³-hybridized carbons (Fsp3) is 0.391. The van der Waals surface area contributed by atoms with Crippen molar-refractivity contribution in [2.75, 3.05) is 16.8 Å². The number of nitrogens with one attached hydrogen (secondary N) is 1. The summed E-state index contributed by atoms with van der Waals surface area (Å²) in [6, 6.07) is 12.0. The van der Waals surface area contributed by atoms with Crippen LogP contribution >= 0.6 is 0 Å². The van der Waals surface area contributed by atoms with Crippen LogP contribution in [-0.4, -0.2) is 18.4 Å². The number of amides is 2. The molecule has 0 aliphatic rings. The van der Waals surface area contributed by atoms with Gasteiger partial charge in [0.25, 0.3) is 0 Å². The maximum atomic E-state index is 12.5. The number of nitrogens with zero attached hydrogens (tertiary/aromatic N) is 1. The Morgan fingerprint density at radius 2 is 1.63 bits per heavy atom. The van der Waals surface area contributed by atoms with Crippen molar-refractivity contribution in [3.63, 3.8) is 0 Å². The molecule has 0 unspecified atom stereocenters. The van der Waals surface area contributed by atoms with Crippen LogP contribution in [0, 0.1) is 20.8 Å². The summed E-state index contributed by atoms with van der Waals surface area (Å²) in [5, 5.41) is 3.01. The normalized spacial score (nSPS) is 10.8. The lowest BCUT2D eigenvalue weighted by molar-refractivity contribution is -0.117. The lowest BCUT2D eigenvalue weighted by Crippen LogP contribution is -2.33. The number of rotatable bonds is 6. The Bertz CT molecular complexity index is 817. The van der Waals surface area contributed by atoms with Crippen molar-refractivity contribution in [2.24, 2.45) is 0 Å². The molecule has 2 aromatic rings. The van der Waals surface area contributed by atoms with Crippen molar-refractivity contribution in [3.05, 3.63) is 58.7 Å². The van der Waals surface area contributed by atoms with Gasteiger partial charge in [-0.15, -0.1) is 0 Å². The van der Waals surface area contributed by atoms with E-state index in [0.717, 1.165) is 28.1 Å². The molecule has 27 heavy (non-hydrogen) atoms. The molecule has 0 saturated heterocycles. The highest BCUT2D eigenvalue weighted by Crippen LogP contribution is 2.28. The fourth-order valence-electron chi connectivity index (χ4n) is 3.46. The van der Waals surface area contributed by atoms with E-state index in [1.54, 1.807) is 11.8 Å². The van der Waals surface area contributed by atoms with E-state index >= 15 is 0 Å². The smallest absolute Gasteiger partial charge is 0.226 e. The Hall–Kier alpha value is -2.62. The number of benzene rings is 2. The molecule has 0 atom stereocenters. The monoisotopic (exact) mass is 366 g/mol. The van der Waals surface area contributed by atoms with Gasteiger partial charge in [0.2, 0.25) is 11.8 Å². The van der Waals surface area contributed by atoms with Crippen LogP contribution < -0.4 is 10.2 Å². The summed E-state index contributed by atoms with van der Waals surface area (Å²) in [6.07, 6.45) is 0.249.